The van der Waals surface area contributed by atoms with E-state index in [1.807, 2.05) is 11.9 Å². The van der Waals surface area contributed by atoms with Gasteiger partial charge in [0.25, 0.3) is 0 Å². The van der Waals surface area contributed by atoms with Gasteiger partial charge in [0.15, 0.2) is 0 Å². The second kappa shape index (κ2) is 42.0. The fourth-order valence-electron chi connectivity index (χ4n) is 7.28. The Balaban J connectivity index is 2.23. The molecule has 0 saturated carbocycles. The van der Waals surface area contributed by atoms with Crippen LogP contribution in [0.15, 0.2) is 48.6 Å². The first kappa shape index (κ1) is 54.3. The topological polar surface area (TPSA) is 85.4 Å². The molecule has 0 N–H and O–H groups in total. The van der Waals surface area contributed by atoms with Crippen molar-refractivity contribution in [2.24, 2.45) is 0 Å². The van der Waals surface area contributed by atoms with Gasteiger partial charge >= 0.3 is 17.9 Å². The van der Waals surface area contributed by atoms with Gasteiger partial charge in [-0.05, 0) is 103 Å². The van der Waals surface area contributed by atoms with Gasteiger partial charge < -0.3 is 14.2 Å². The van der Waals surface area contributed by atoms with Gasteiger partial charge in [0.1, 0.15) is 12.6 Å². The predicted octanol–water partition coefficient (Wildman–Crippen LogP) is 12.8. The van der Waals surface area contributed by atoms with E-state index in [2.05, 4.69) is 67.4 Å². The van der Waals surface area contributed by atoms with Crippen LogP contribution in [0.3, 0.4) is 0 Å². The quantitative estimate of drug-likeness (QED) is 0.0261. The van der Waals surface area contributed by atoms with Gasteiger partial charge in [-0.3, -0.25) is 24.2 Å². The van der Waals surface area contributed by atoms with Crippen molar-refractivity contribution in [2.45, 2.75) is 206 Å². The standard InChI is InChI=1S/C51H90N2O6/c1-4-6-8-10-12-14-16-18-20-22-24-26-28-30-32-36-45-57-49(54)39-42-53(44-47-59-51(56)48-38-34-35-41-52(48)3)43-40-50(55)58-46-37-33-31-29-27-25-23-21-19-17-15-13-11-9-7-5-2/h12-15,18-21,48H,4-11,16-17,22-47H2,1-3H3/b14-12-,15-13-,20-18-,21-19-. The van der Waals surface area contributed by atoms with Crippen molar-refractivity contribution in [3.8, 4) is 0 Å². The number of carbonyl (C=O) groups excluding carboxylic acids is 3. The number of hydrogen-bond donors (Lipinski definition) is 0. The summed E-state index contributed by atoms with van der Waals surface area (Å²) in [5.41, 5.74) is 0. The highest BCUT2D eigenvalue weighted by atomic mass is 16.5. The highest BCUT2D eigenvalue weighted by Crippen LogP contribution is 2.16. The zero-order valence-corrected chi connectivity index (χ0v) is 38.5. The molecule has 0 aromatic carbocycles. The summed E-state index contributed by atoms with van der Waals surface area (Å²) in [7, 11) is 1.97. The molecule has 8 heteroatoms. The molecular weight excluding hydrogens is 737 g/mol. The van der Waals surface area contributed by atoms with Gasteiger partial charge in [-0.25, -0.2) is 0 Å². The van der Waals surface area contributed by atoms with Crippen LogP contribution in [0.25, 0.3) is 0 Å². The van der Waals surface area contributed by atoms with Crippen LogP contribution in [-0.4, -0.2) is 86.8 Å². The number of ether oxygens (including phenoxy) is 3. The van der Waals surface area contributed by atoms with Crippen molar-refractivity contribution in [1.82, 2.24) is 9.80 Å². The third kappa shape index (κ3) is 35.7. The summed E-state index contributed by atoms with van der Waals surface area (Å²) >= 11 is 0. The van der Waals surface area contributed by atoms with Crippen LogP contribution < -0.4 is 0 Å². The number of rotatable bonds is 40. The second-order valence-electron chi connectivity index (χ2n) is 16.6. The van der Waals surface area contributed by atoms with Crippen molar-refractivity contribution < 1.29 is 28.6 Å². The Morgan fingerprint density at radius 1 is 0.508 bits per heavy atom. The SMILES string of the molecule is CCCCC/C=C\C/C=C\CCCCCCCCOC(=O)CCN(CCOC(=O)C1CCCCN1C)CCC(=O)OCCCCCCCC/C=C\C/C=C\CCCCC. The van der Waals surface area contributed by atoms with E-state index in [0.717, 1.165) is 90.0 Å². The molecule has 8 nitrogen and oxygen atoms in total. The van der Waals surface area contributed by atoms with Crippen LogP contribution >= 0.6 is 0 Å². The normalized spacial score (nSPS) is 15.1. The molecule has 0 aliphatic carbocycles. The van der Waals surface area contributed by atoms with Crippen LogP contribution in [0, 0.1) is 0 Å². The number of carbonyl (C=O) groups is 3. The molecule has 1 rings (SSSR count). The molecule has 1 heterocycles. The fourth-order valence-corrected chi connectivity index (χ4v) is 7.28. The molecular formula is C51H90N2O6. The highest BCUT2D eigenvalue weighted by Gasteiger charge is 2.27. The number of nitrogens with zero attached hydrogens (tertiary/aromatic N) is 2. The fraction of sp³-hybridized carbons (Fsp3) is 0.784. The summed E-state index contributed by atoms with van der Waals surface area (Å²) in [5.74, 6) is -0.635. The van der Waals surface area contributed by atoms with Gasteiger partial charge in [-0.2, -0.15) is 0 Å². The Hall–Kier alpha value is -2.71. The Morgan fingerprint density at radius 2 is 0.932 bits per heavy atom. The minimum Gasteiger partial charge on any atom is -0.466 e. The molecule has 340 valence electrons. The van der Waals surface area contributed by atoms with Crippen molar-refractivity contribution in [3.63, 3.8) is 0 Å². The molecule has 1 unspecified atom stereocenters. The summed E-state index contributed by atoms with van der Waals surface area (Å²) in [6.07, 6.45) is 50.0. The molecule has 0 aromatic heterocycles. The second-order valence-corrected chi connectivity index (χ2v) is 16.6. The number of allylic oxidation sites excluding steroid dienone is 8. The Kier molecular flexibility index (Phi) is 38.7. The number of unbranched alkanes of at least 4 members (excludes halogenated alkanes) is 18. The summed E-state index contributed by atoms with van der Waals surface area (Å²) < 4.78 is 16.8. The molecule has 0 aromatic rings. The molecule has 1 atom stereocenters. The van der Waals surface area contributed by atoms with Crippen LogP contribution in [0.5, 0.6) is 0 Å². The van der Waals surface area contributed by atoms with E-state index in [9.17, 15) is 14.4 Å². The first-order chi connectivity index (χ1) is 29.0. The zero-order chi connectivity index (χ0) is 42.7. The summed E-state index contributed by atoms with van der Waals surface area (Å²) in [6.45, 7) is 7.86. The summed E-state index contributed by atoms with van der Waals surface area (Å²) in [6, 6.07) is -0.193. The average Bonchev–Trinajstić information content (AvgIpc) is 3.23. The molecule has 0 spiro atoms. The number of likely N-dealkylation sites (N-methyl/N-ethyl adjacent to an activating group) is 1. The van der Waals surface area contributed by atoms with Gasteiger partial charge in [0.2, 0.25) is 0 Å². The molecule has 1 aliphatic heterocycles. The van der Waals surface area contributed by atoms with Crippen LogP contribution in [0.1, 0.15) is 200 Å². The predicted molar refractivity (Wildman–Crippen MR) is 248 cm³/mol. The summed E-state index contributed by atoms with van der Waals surface area (Å²) in [5, 5.41) is 0. The van der Waals surface area contributed by atoms with Crippen molar-refractivity contribution in [2.75, 3.05) is 53.0 Å². The third-order valence-electron chi connectivity index (χ3n) is 11.2. The Morgan fingerprint density at radius 3 is 1.37 bits per heavy atom. The zero-order valence-electron chi connectivity index (χ0n) is 38.5. The molecule has 1 aliphatic rings. The number of likely N-dealkylation sites (tertiary alicyclic amines) is 1. The van der Waals surface area contributed by atoms with E-state index in [-0.39, 0.29) is 43.4 Å². The Bertz CT molecular complexity index is 1050. The maximum absolute atomic E-state index is 12.8. The van der Waals surface area contributed by atoms with Crippen molar-refractivity contribution in [1.29, 1.82) is 0 Å². The Labute approximate surface area is 363 Å². The smallest absolute Gasteiger partial charge is 0.323 e. The molecule has 0 bridgehead atoms. The lowest BCUT2D eigenvalue weighted by molar-refractivity contribution is -0.152. The van der Waals surface area contributed by atoms with E-state index in [1.54, 1.807) is 0 Å². The highest BCUT2D eigenvalue weighted by molar-refractivity contribution is 5.75. The first-order valence-electron chi connectivity index (χ1n) is 24.5. The minimum absolute atomic E-state index is 0.187. The third-order valence-corrected chi connectivity index (χ3v) is 11.2. The van der Waals surface area contributed by atoms with Gasteiger partial charge in [-0.1, -0.05) is 146 Å². The van der Waals surface area contributed by atoms with Crippen LogP contribution in [-0.2, 0) is 28.6 Å². The molecule has 1 fully saturated rings. The van der Waals surface area contributed by atoms with Gasteiger partial charge in [0, 0.05) is 19.6 Å². The monoisotopic (exact) mass is 827 g/mol. The molecule has 0 radical (unpaired) electrons. The summed E-state index contributed by atoms with van der Waals surface area (Å²) in [4.78, 5) is 42.1. The lowest BCUT2D eigenvalue weighted by Crippen LogP contribution is -2.43. The largest absolute Gasteiger partial charge is 0.466 e. The molecule has 1 saturated heterocycles. The number of esters is 3. The van der Waals surface area contributed by atoms with E-state index in [4.69, 9.17) is 14.2 Å². The van der Waals surface area contributed by atoms with Crippen molar-refractivity contribution >= 4 is 17.9 Å². The lowest BCUT2D eigenvalue weighted by Gasteiger charge is -2.30. The van der Waals surface area contributed by atoms with Gasteiger partial charge in [0.05, 0.1) is 26.1 Å². The average molecular weight is 827 g/mol. The van der Waals surface area contributed by atoms with E-state index in [1.165, 1.54) is 89.9 Å². The maximum atomic E-state index is 12.8. The number of hydrogen-bond acceptors (Lipinski definition) is 8. The van der Waals surface area contributed by atoms with Crippen molar-refractivity contribution in [3.05, 3.63) is 48.6 Å². The maximum Gasteiger partial charge on any atom is 0.323 e. The van der Waals surface area contributed by atoms with E-state index in [0.29, 0.717) is 32.8 Å². The van der Waals surface area contributed by atoms with Crippen LogP contribution in [0.2, 0.25) is 0 Å². The van der Waals surface area contributed by atoms with Crippen LogP contribution in [0.4, 0.5) is 0 Å². The van der Waals surface area contributed by atoms with E-state index < -0.39 is 0 Å². The first-order valence-corrected chi connectivity index (χ1v) is 24.5. The molecule has 59 heavy (non-hydrogen) atoms. The van der Waals surface area contributed by atoms with E-state index >= 15 is 0 Å². The van der Waals surface area contributed by atoms with Gasteiger partial charge in [-0.15, -0.1) is 0 Å². The number of piperidine rings is 1. The minimum atomic E-state index is -0.224. The lowest BCUT2D eigenvalue weighted by atomic mass is 10.0. The molecule has 0 amide bonds.